The number of aromatic nitrogens is 1. The molecule has 0 saturated carbocycles. The van der Waals surface area contributed by atoms with Gasteiger partial charge in [0.25, 0.3) is 0 Å². The number of nitrogens with two attached hydrogens (primary N) is 1. The zero-order valence-electron chi connectivity index (χ0n) is 11.1. The Morgan fingerprint density at radius 2 is 2.16 bits per heavy atom. The van der Waals surface area contributed by atoms with Crippen molar-refractivity contribution >= 4 is 0 Å². The molecule has 1 atom stereocenters. The van der Waals surface area contributed by atoms with Crippen molar-refractivity contribution in [3.8, 4) is 5.75 Å². The molecule has 0 radical (unpaired) electrons. The summed E-state index contributed by atoms with van der Waals surface area (Å²) in [6.45, 7) is 2.70. The summed E-state index contributed by atoms with van der Waals surface area (Å²) in [5.74, 6) is 1.46. The van der Waals surface area contributed by atoms with Crippen LogP contribution in [0.4, 0.5) is 0 Å². The maximum atomic E-state index is 5.83. The quantitative estimate of drug-likeness (QED) is 0.865. The number of methoxy groups -OCH3 is 1. The van der Waals surface area contributed by atoms with Gasteiger partial charge >= 0.3 is 0 Å². The number of hydrogen-bond acceptors (Lipinski definition) is 5. The third kappa shape index (κ3) is 3.81. The molecule has 102 valence electrons. The van der Waals surface area contributed by atoms with Gasteiger partial charge in [-0.05, 0) is 24.6 Å². The predicted molar refractivity (Wildman–Crippen MR) is 70.6 cm³/mol. The summed E-state index contributed by atoms with van der Waals surface area (Å²) in [4.78, 5) is 0. The molecule has 1 heterocycles. The lowest BCUT2D eigenvalue weighted by molar-refractivity contribution is 0.155. The molecule has 0 aliphatic carbocycles. The first kappa shape index (κ1) is 13.6. The van der Waals surface area contributed by atoms with E-state index in [0.717, 1.165) is 17.0 Å². The van der Waals surface area contributed by atoms with Crippen LogP contribution in [0.2, 0.25) is 0 Å². The number of rotatable bonds is 6. The average Bonchev–Trinajstić information content (AvgIpc) is 2.85. The van der Waals surface area contributed by atoms with Gasteiger partial charge in [0, 0.05) is 19.2 Å². The molecule has 1 aromatic heterocycles. The van der Waals surface area contributed by atoms with Gasteiger partial charge in [-0.2, -0.15) is 0 Å². The molecule has 0 bridgehead atoms. The van der Waals surface area contributed by atoms with E-state index in [0.29, 0.717) is 19.0 Å². The lowest BCUT2D eigenvalue weighted by Gasteiger charge is -2.08. The minimum atomic E-state index is -0.0103. The third-order valence-corrected chi connectivity index (χ3v) is 2.66. The maximum absolute atomic E-state index is 5.83. The Labute approximate surface area is 112 Å². The number of ether oxygens (including phenoxy) is 2. The fourth-order valence-electron chi connectivity index (χ4n) is 1.68. The summed E-state index contributed by atoms with van der Waals surface area (Å²) in [7, 11) is 1.61. The van der Waals surface area contributed by atoms with Gasteiger partial charge in [-0.15, -0.1) is 0 Å². The molecule has 0 aliphatic rings. The zero-order chi connectivity index (χ0) is 13.7. The van der Waals surface area contributed by atoms with Crippen LogP contribution in [0.25, 0.3) is 0 Å². The average molecular weight is 262 g/mol. The molecule has 2 rings (SSSR count). The molecule has 0 spiro atoms. The van der Waals surface area contributed by atoms with E-state index in [2.05, 4.69) is 5.16 Å². The molecule has 0 amide bonds. The van der Waals surface area contributed by atoms with E-state index >= 15 is 0 Å². The van der Waals surface area contributed by atoms with E-state index in [-0.39, 0.29) is 6.04 Å². The lowest BCUT2D eigenvalue weighted by atomic mass is 10.1. The van der Waals surface area contributed by atoms with Crippen LogP contribution in [-0.4, -0.2) is 12.3 Å². The first-order valence-electron chi connectivity index (χ1n) is 6.11. The van der Waals surface area contributed by atoms with Crippen LogP contribution in [0, 0.1) is 0 Å². The Balaban J connectivity index is 1.95. The lowest BCUT2D eigenvalue weighted by Crippen LogP contribution is -2.05. The Bertz CT molecular complexity index is 523. The van der Waals surface area contributed by atoms with Gasteiger partial charge in [0.1, 0.15) is 24.7 Å². The maximum Gasteiger partial charge on any atom is 0.162 e. The summed E-state index contributed by atoms with van der Waals surface area (Å²) in [6, 6.07) is 9.53. The standard InChI is InChI=1S/C14H18N2O3/c1-10(15)11-4-3-5-13(6-11)18-8-12-7-14(9-17-2)19-16-12/h3-7,10H,8-9,15H2,1-2H3/t10-/m1/s1. The summed E-state index contributed by atoms with van der Waals surface area (Å²) in [5.41, 5.74) is 7.60. The number of hydrogen-bond donors (Lipinski definition) is 1. The molecular weight excluding hydrogens is 244 g/mol. The van der Waals surface area contributed by atoms with E-state index < -0.39 is 0 Å². The molecule has 0 aliphatic heterocycles. The Morgan fingerprint density at radius 1 is 1.32 bits per heavy atom. The molecule has 0 saturated heterocycles. The van der Waals surface area contributed by atoms with Crippen LogP contribution in [0.1, 0.15) is 30.0 Å². The second kappa shape index (κ2) is 6.36. The van der Waals surface area contributed by atoms with Gasteiger partial charge in [-0.25, -0.2) is 0 Å². The van der Waals surface area contributed by atoms with Crippen LogP contribution >= 0.6 is 0 Å². The van der Waals surface area contributed by atoms with E-state index in [1.54, 1.807) is 7.11 Å². The van der Waals surface area contributed by atoms with Crippen molar-refractivity contribution in [2.45, 2.75) is 26.2 Å². The largest absolute Gasteiger partial charge is 0.487 e. The molecule has 0 fully saturated rings. The minimum absolute atomic E-state index is 0.0103. The van der Waals surface area contributed by atoms with Crippen molar-refractivity contribution < 1.29 is 14.0 Å². The fourth-order valence-corrected chi connectivity index (χ4v) is 1.68. The topological polar surface area (TPSA) is 70.5 Å². The van der Waals surface area contributed by atoms with Crippen molar-refractivity contribution in [2.75, 3.05) is 7.11 Å². The summed E-state index contributed by atoms with van der Waals surface area (Å²) in [6.07, 6.45) is 0. The Hall–Kier alpha value is -1.85. The monoisotopic (exact) mass is 262 g/mol. The van der Waals surface area contributed by atoms with Crippen molar-refractivity contribution in [2.24, 2.45) is 5.73 Å². The van der Waals surface area contributed by atoms with Crippen LogP contribution in [0.15, 0.2) is 34.9 Å². The smallest absolute Gasteiger partial charge is 0.162 e. The highest BCUT2D eigenvalue weighted by Gasteiger charge is 2.06. The summed E-state index contributed by atoms with van der Waals surface area (Å²) >= 11 is 0. The highest BCUT2D eigenvalue weighted by atomic mass is 16.5. The van der Waals surface area contributed by atoms with Crippen LogP contribution in [0.3, 0.4) is 0 Å². The zero-order valence-corrected chi connectivity index (χ0v) is 11.1. The number of benzene rings is 1. The normalized spacial score (nSPS) is 12.4. The highest BCUT2D eigenvalue weighted by molar-refractivity contribution is 5.30. The molecule has 1 aromatic carbocycles. The van der Waals surface area contributed by atoms with Gasteiger partial charge in [0.15, 0.2) is 5.76 Å². The van der Waals surface area contributed by atoms with Crippen molar-refractivity contribution in [1.29, 1.82) is 0 Å². The molecular formula is C14H18N2O3. The summed E-state index contributed by atoms with van der Waals surface area (Å²) < 4.78 is 15.7. The minimum Gasteiger partial charge on any atom is -0.487 e. The van der Waals surface area contributed by atoms with Gasteiger partial charge in [0.05, 0.1) is 0 Å². The van der Waals surface area contributed by atoms with E-state index in [1.165, 1.54) is 0 Å². The van der Waals surface area contributed by atoms with Crippen molar-refractivity contribution in [1.82, 2.24) is 5.16 Å². The van der Waals surface area contributed by atoms with Gasteiger partial charge in [0.2, 0.25) is 0 Å². The second-order valence-electron chi connectivity index (χ2n) is 4.37. The fraction of sp³-hybridized carbons (Fsp3) is 0.357. The third-order valence-electron chi connectivity index (χ3n) is 2.66. The van der Waals surface area contributed by atoms with Crippen LogP contribution < -0.4 is 10.5 Å². The van der Waals surface area contributed by atoms with Crippen molar-refractivity contribution in [3.05, 3.63) is 47.3 Å². The highest BCUT2D eigenvalue weighted by Crippen LogP contribution is 2.18. The molecule has 19 heavy (non-hydrogen) atoms. The van der Waals surface area contributed by atoms with Crippen LogP contribution in [0.5, 0.6) is 5.75 Å². The molecule has 5 heteroatoms. The molecule has 5 nitrogen and oxygen atoms in total. The number of nitrogens with zero attached hydrogens (tertiary/aromatic N) is 1. The molecule has 0 unspecified atom stereocenters. The molecule has 2 N–H and O–H groups in total. The Kier molecular flexibility index (Phi) is 4.54. The van der Waals surface area contributed by atoms with Crippen LogP contribution in [-0.2, 0) is 18.0 Å². The Morgan fingerprint density at radius 3 is 2.89 bits per heavy atom. The van der Waals surface area contributed by atoms with Gasteiger partial charge in [-0.3, -0.25) is 0 Å². The SMILES string of the molecule is COCc1cc(COc2cccc([C@@H](C)N)c2)no1. The van der Waals surface area contributed by atoms with E-state index in [1.807, 2.05) is 37.3 Å². The van der Waals surface area contributed by atoms with Crippen molar-refractivity contribution in [3.63, 3.8) is 0 Å². The van der Waals surface area contributed by atoms with E-state index in [9.17, 15) is 0 Å². The first-order chi connectivity index (χ1) is 9.19. The van der Waals surface area contributed by atoms with Gasteiger partial charge in [-0.1, -0.05) is 17.3 Å². The second-order valence-corrected chi connectivity index (χ2v) is 4.37. The van der Waals surface area contributed by atoms with Gasteiger partial charge < -0.3 is 19.7 Å². The molecule has 2 aromatic rings. The predicted octanol–water partition coefficient (Wildman–Crippen LogP) is 2.42. The van der Waals surface area contributed by atoms with E-state index in [4.69, 9.17) is 19.7 Å². The first-order valence-corrected chi connectivity index (χ1v) is 6.11. The summed E-state index contributed by atoms with van der Waals surface area (Å²) in [5, 5.41) is 3.90.